The van der Waals surface area contributed by atoms with Gasteiger partial charge < -0.3 is 14.7 Å². The van der Waals surface area contributed by atoms with E-state index < -0.39 is 12.1 Å². The summed E-state index contributed by atoms with van der Waals surface area (Å²) in [6.07, 6.45) is 2.01. The molecular weight excluding hydrogens is 356 g/mol. The lowest BCUT2D eigenvalue weighted by Gasteiger charge is -2.27. The molecule has 1 aromatic rings. The zero-order valence-corrected chi connectivity index (χ0v) is 17.8. The van der Waals surface area contributed by atoms with Crippen LogP contribution in [0.5, 0.6) is 5.75 Å². The molecule has 156 valence electrons. The highest BCUT2D eigenvalue weighted by molar-refractivity contribution is 5.81. The zero-order valence-electron chi connectivity index (χ0n) is 17.8. The van der Waals surface area contributed by atoms with Gasteiger partial charge in [0.2, 0.25) is 0 Å². The highest BCUT2D eigenvalue weighted by Gasteiger charge is 2.27. The average molecular weight is 391 g/mol. The number of hydrogen-bond donors (Lipinski definition) is 1. The van der Waals surface area contributed by atoms with Crippen molar-refractivity contribution in [1.82, 2.24) is 9.80 Å². The largest absolute Gasteiger partial charge is 0.481 e. The van der Waals surface area contributed by atoms with Crippen molar-refractivity contribution in [2.24, 2.45) is 0 Å². The third-order valence-corrected chi connectivity index (χ3v) is 5.55. The summed E-state index contributed by atoms with van der Waals surface area (Å²) < 4.78 is 6.04. The number of nitrogens with zero attached hydrogens (tertiary/aromatic N) is 2. The highest BCUT2D eigenvalue weighted by atomic mass is 16.5. The number of carbonyl (C=O) groups excluding carboxylic acids is 1. The van der Waals surface area contributed by atoms with Crippen LogP contribution in [0, 0.1) is 6.92 Å². The van der Waals surface area contributed by atoms with Crippen LogP contribution < -0.4 is 4.74 Å². The van der Waals surface area contributed by atoms with E-state index in [1.807, 2.05) is 42.8 Å². The molecular formula is C22H34N2O4. The smallest absolute Gasteiger partial charge is 0.317 e. The van der Waals surface area contributed by atoms with Gasteiger partial charge in [0, 0.05) is 19.1 Å². The predicted molar refractivity (Wildman–Crippen MR) is 110 cm³/mol. The molecule has 6 nitrogen and oxygen atoms in total. The Labute approximate surface area is 168 Å². The van der Waals surface area contributed by atoms with Gasteiger partial charge in [0.05, 0.1) is 6.54 Å². The molecule has 0 bridgehead atoms. The molecule has 0 spiro atoms. The molecule has 0 radical (unpaired) electrons. The number of amides is 1. The Bertz CT molecular complexity index is 689. The number of ether oxygens (including phenoxy) is 1. The van der Waals surface area contributed by atoms with E-state index in [1.54, 1.807) is 0 Å². The molecule has 0 aromatic heterocycles. The van der Waals surface area contributed by atoms with E-state index in [1.165, 1.54) is 5.56 Å². The third kappa shape index (κ3) is 5.96. The maximum Gasteiger partial charge on any atom is 0.317 e. The summed E-state index contributed by atoms with van der Waals surface area (Å²) in [6, 6.07) is 6.36. The molecule has 6 heteroatoms. The van der Waals surface area contributed by atoms with Crippen molar-refractivity contribution in [2.45, 2.75) is 65.0 Å². The van der Waals surface area contributed by atoms with Crippen LogP contribution in [0.4, 0.5) is 0 Å². The number of likely N-dealkylation sites (tertiary alicyclic amines) is 1. The van der Waals surface area contributed by atoms with Crippen molar-refractivity contribution in [3.63, 3.8) is 0 Å². The van der Waals surface area contributed by atoms with Gasteiger partial charge >= 0.3 is 5.97 Å². The van der Waals surface area contributed by atoms with Gasteiger partial charge in [-0.2, -0.15) is 0 Å². The summed E-state index contributed by atoms with van der Waals surface area (Å²) in [5.74, 6) is 0.344. The topological polar surface area (TPSA) is 70.1 Å². The molecule has 1 heterocycles. The summed E-state index contributed by atoms with van der Waals surface area (Å²) in [6.45, 7) is 9.43. The quantitative estimate of drug-likeness (QED) is 0.774. The normalized spacial score (nSPS) is 18.8. The lowest BCUT2D eigenvalue weighted by atomic mass is 10.0. The van der Waals surface area contributed by atoms with Gasteiger partial charge in [-0.05, 0) is 63.3 Å². The lowest BCUT2D eigenvalue weighted by Crippen LogP contribution is -2.42. The minimum atomic E-state index is -0.819. The van der Waals surface area contributed by atoms with Gasteiger partial charge in [0.25, 0.3) is 5.91 Å². The van der Waals surface area contributed by atoms with Crippen LogP contribution in [0.1, 0.15) is 57.1 Å². The fourth-order valence-electron chi connectivity index (χ4n) is 3.68. The summed E-state index contributed by atoms with van der Waals surface area (Å²) in [4.78, 5) is 27.6. The molecule has 2 rings (SSSR count). The SMILES string of the molecule is Cc1ccc(C(C)C)cc1OC(C)C(=O)N1CCCC(N(C)CC(=O)O)CC1. The third-order valence-electron chi connectivity index (χ3n) is 5.55. The van der Waals surface area contributed by atoms with E-state index in [9.17, 15) is 9.59 Å². The maximum atomic E-state index is 12.9. The Hall–Kier alpha value is -2.08. The van der Waals surface area contributed by atoms with E-state index in [2.05, 4.69) is 19.9 Å². The van der Waals surface area contributed by atoms with Gasteiger partial charge in [-0.15, -0.1) is 0 Å². The number of aliphatic carboxylic acids is 1. The average Bonchev–Trinajstić information content (AvgIpc) is 2.88. The summed E-state index contributed by atoms with van der Waals surface area (Å²) >= 11 is 0. The van der Waals surface area contributed by atoms with Crippen molar-refractivity contribution in [3.8, 4) is 5.75 Å². The fraction of sp³-hybridized carbons (Fsp3) is 0.636. The van der Waals surface area contributed by atoms with Gasteiger partial charge in [-0.25, -0.2) is 0 Å². The first-order chi connectivity index (χ1) is 13.2. The zero-order chi connectivity index (χ0) is 20.8. The second-order valence-electron chi connectivity index (χ2n) is 8.16. The first-order valence-electron chi connectivity index (χ1n) is 10.2. The van der Waals surface area contributed by atoms with Crippen LogP contribution in [0.2, 0.25) is 0 Å². The number of aryl methyl sites for hydroxylation is 1. The first-order valence-corrected chi connectivity index (χ1v) is 10.2. The minimum absolute atomic E-state index is 0.00381. The standard InChI is InChI=1S/C22H34N2O4/c1-15(2)18-9-8-16(3)20(13-18)28-17(4)22(27)24-11-6-7-19(10-12-24)23(5)14-21(25)26/h8-9,13,15,17,19H,6-7,10-12,14H2,1-5H3,(H,25,26). The Morgan fingerprint density at radius 2 is 1.96 bits per heavy atom. The number of carbonyl (C=O) groups is 2. The summed E-state index contributed by atoms with van der Waals surface area (Å²) in [5, 5.41) is 8.99. The van der Waals surface area contributed by atoms with Crippen molar-refractivity contribution in [1.29, 1.82) is 0 Å². The molecule has 1 aromatic carbocycles. The summed E-state index contributed by atoms with van der Waals surface area (Å²) in [7, 11) is 1.84. The Morgan fingerprint density at radius 1 is 1.25 bits per heavy atom. The lowest BCUT2D eigenvalue weighted by molar-refractivity contribution is -0.139. The number of carboxylic acids is 1. The molecule has 1 N–H and O–H groups in total. The van der Waals surface area contributed by atoms with E-state index in [0.29, 0.717) is 19.0 Å². The van der Waals surface area contributed by atoms with Crippen LogP contribution in [0.15, 0.2) is 18.2 Å². The molecule has 0 saturated carbocycles. The molecule has 1 saturated heterocycles. The van der Waals surface area contributed by atoms with Crippen LogP contribution in [-0.4, -0.2) is 65.6 Å². The van der Waals surface area contributed by atoms with Crippen LogP contribution in [-0.2, 0) is 9.59 Å². The second-order valence-corrected chi connectivity index (χ2v) is 8.16. The van der Waals surface area contributed by atoms with E-state index in [-0.39, 0.29) is 18.5 Å². The van der Waals surface area contributed by atoms with E-state index in [0.717, 1.165) is 30.6 Å². The van der Waals surface area contributed by atoms with Gasteiger partial charge in [0.15, 0.2) is 6.10 Å². The van der Waals surface area contributed by atoms with Crippen molar-refractivity contribution in [2.75, 3.05) is 26.7 Å². The molecule has 1 amide bonds. The first kappa shape index (κ1) is 22.2. The Balaban J connectivity index is 1.98. The van der Waals surface area contributed by atoms with Gasteiger partial charge in [0.1, 0.15) is 5.75 Å². The predicted octanol–water partition coefficient (Wildman–Crippen LogP) is 3.28. The van der Waals surface area contributed by atoms with Crippen LogP contribution in [0.3, 0.4) is 0 Å². The number of hydrogen-bond acceptors (Lipinski definition) is 4. The number of likely N-dealkylation sites (N-methyl/N-ethyl adjacent to an activating group) is 1. The van der Waals surface area contributed by atoms with Crippen LogP contribution >= 0.6 is 0 Å². The van der Waals surface area contributed by atoms with Gasteiger partial charge in [-0.3, -0.25) is 14.5 Å². The Morgan fingerprint density at radius 3 is 2.61 bits per heavy atom. The number of benzene rings is 1. The van der Waals surface area contributed by atoms with Crippen molar-refractivity contribution < 1.29 is 19.4 Å². The van der Waals surface area contributed by atoms with Crippen LogP contribution in [0.25, 0.3) is 0 Å². The summed E-state index contributed by atoms with van der Waals surface area (Å²) in [5.41, 5.74) is 2.22. The van der Waals surface area contributed by atoms with Crippen molar-refractivity contribution in [3.05, 3.63) is 29.3 Å². The molecule has 1 aliphatic heterocycles. The molecule has 0 aliphatic carbocycles. The number of rotatable bonds is 7. The monoisotopic (exact) mass is 390 g/mol. The molecule has 2 unspecified atom stereocenters. The molecule has 2 atom stereocenters. The fourth-order valence-corrected chi connectivity index (χ4v) is 3.68. The molecule has 1 fully saturated rings. The molecule has 28 heavy (non-hydrogen) atoms. The minimum Gasteiger partial charge on any atom is -0.481 e. The van der Waals surface area contributed by atoms with Gasteiger partial charge in [-0.1, -0.05) is 26.0 Å². The van der Waals surface area contributed by atoms with Crippen molar-refractivity contribution >= 4 is 11.9 Å². The van der Waals surface area contributed by atoms with E-state index in [4.69, 9.17) is 9.84 Å². The Kier molecular flexibility index (Phi) is 7.87. The maximum absolute atomic E-state index is 12.9. The molecule has 1 aliphatic rings. The number of carboxylic acid groups (broad SMARTS) is 1. The second kappa shape index (κ2) is 9.92. The van der Waals surface area contributed by atoms with E-state index >= 15 is 0 Å². The highest BCUT2D eigenvalue weighted by Crippen LogP contribution is 2.26.